The Labute approximate surface area is 178 Å². The van der Waals surface area contributed by atoms with Crippen molar-refractivity contribution in [1.29, 1.82) is 0 Å². The van der Waals surface area contributed by atoms with E-state index in [0.29, 0.717) is 28.9 Å². The maximum Gasteiger partial charge on any atom is 0.214 e. The Morgan fingerprint density at radius 2 is 1.67 bits per heavy atom. The Kier molecular flexibility index (Phi) is 5.27. The first kappa shape index (κ1) is 20.4. The first-order valence-electron chi connectivity index (χ1n) is 9.78. The number of nitrogens with one attached hydrogen (secondary N) is 3. The van der Waals surface area contributed by atoms with E-state index in [1.807, 2.05) is 0 Å². The van der Waals surface area contributed by atoms with Gasteiger partial charge in [-0.15, -0.1) is 12.4 Å². The fraction of sp³-hybridized carbons (Fsp3) is 0.273. The zero-order valence-electron chi connectivity index (χ0n) is 16.1. The molecule has 5 N–H and O–H groups in total. The highest BCUT2D eigenvalue weighted by atomic mass is 35.5. The summed E-state index contributed by atoms with van der Waals surface area (Å²) in [6, 6.07) is 6.94. The van der Waals surface area contributed by atoms with Crippen molar-refractivity contribution >= 4 is 34.7 Å². The third-order valence-corrected chi connectivity index (χ3v) is 5.91. The minimum absolute atomic E-state index is 0. The number of phenols is 2. The molecule has 5 rings (SSSR count). The number of aromatic hydroxyl groups is 2. The average Bonchev–Trinajstić information content (AvgIpc) is 3.18. The van der Waals surface area contributed by atoms with Crippen molar-refractivity contribution in [2.45, 2.75) is 25.4 Å². The van der Waals surface area contributed by atoms with E-state index in [1.165, 1.54) is 0 Å². The normalized spacial score (nSPS) is 18.1. The molecule has 8 heteroatoms. The molecule has 156 valence electrons. The molecule has 30 heavy (non-hydrogen) atoms. The van der Waals surface area contributed by atoms with Crippen LogP contribution in [-0.4, -0.2) is 45.9 Å². The number of carbonyl (C=O) groups excluding carboxylic acids is 2. The summed E-state index contributed by atoms with van der Waals surface area (Å²) >= 11 is 0. The second-order valence-electron chi connectivity index (χ2n) is 7.64. The van der Waals surface area contributed by atoms with Gasteiger partial charge >= 0.3 is 0 Å². The topological polar surface area (TPSA) is 114 Å². The van der Waals surface area contributed by atoms with Gasteiger partial charge in [-0.25, -0.2) is 0 Å². The van der Waals surface area contributed by atoms with Crippen LogP contribution in [0.15, 0.2) is 30.5 Å². The number of hydrogen-bond acceptors (Lipinski definition) is 6. The molecular weight excluding hydrogens is 406 g/mol. The van der Waals surface area contributed by atoms with Crippen LogP contribution in [0, 0.1) is 0 Å². The van der Waals surface area contributed by atoms with Crippen LogP contribution < -0.4 is 10.6 Å². The number of benzene rings is 2. The molecular formula is C22H22ClN3O4. The molecule has 2 aromatic carbocycles. The number of ketones is 2. The second-order valence-corrected chi connectivity index (χ2v) is 7.64. The molecule has 3 aromatic rings. The molecule has 1 aliphatic heterocycles. The lowest BCUT2D eigenvalue weighted by Crippen LogP contribution is -2.42. The molecule has 7 nitrogen and oxygen atoms in total. The van der Waals surface area contributed by atoms with Crippen molar-refractivity contribution in [3.05, 3.63) is 58.4 Å². The van der Waals surface area contributed by atoms with E-state index < -0.39 is 11.6 Å². The van der Waals surface area contributed by atoms with Gasteiger partial charge in [-0.05, 0) is 24.9 Å². The number of carbonyl (C=O) groups is 2. The van der Waals surface area contributed by atoms with Crippen molar-refractivity contribution in [3.8, 4) is 11.5 Å². The molecule has 0 spiro atoms. The lowest BCUT2D eigenvalue weighted by Gasteiger charge is -2.24. The molecule has 0 amide bonds. The monoisotopic (exact) mass is 427 g/mol. The molecule has 0 radical (unpaired) electrons. The summed E-state index contributed by atoms with van der Waals surface area (Å²) in [7, 11) is 0. The van der Waals surface area contributed by atoms with Crippen molar-refractivity contribution in [2.75, 3.05) is 13.1 Å². The quantitative estimate of drug-likeness (QED) is 0.321. The summed E-state index contributed by atoms with van der Waals surface area (Å²) in [5, 5.41) is 28.9. The molecule has 1 unspecified atom stereocenters. The maximum absolute atomic E-state index is 13.3. The molecule has 1 fully saturated rings. The first-order chi connectivity index (χ1) is 14.1. The number of H-pyrrole nitrogens is 1. The highest BCUT2D eigenvalue weighted by Gasteiger charge is 2.38. The second kappa shape index (κ2) is 7.75. The van der Waals surface area contributed by atoms with Gasteiger partial charge < -0.3 is 25.8 Å². The molecule has 0 saturated carbocycles. The zero-order chi connectivity index (χ0) is 20.1. The fourth-order valence-corrected chi connectivity index (χ4v) is 4.42. The van der Waals surface area contributed by atoms with Crippen LogP contribution in [0.5, 0.6) is 11.5 Å². The van der Waals surface area contributed by atoms with Gasteiger partial charge in [0.15, 0.2) is 5.78 Å². The Bertz CT molecular complexity index is 1160. The Balaban J connectivity index is 0.00000218. The van der Waals surface area contributed by atoms with Crippen LogP contribution in [0.2, 0.25) is 0 Å². The lowest BCUT2D eigenvalue weighted by molar-refractivity contribution is 0.0972. The summed E-state index contributed by atoms with van der Waals surface area (Å²) in [4.78, 5) is 29.3. The predicted molar refractivity (Wildman–Crippen MR) is 115 cm³/mol. The average molecular weight is 428 g/mol. The van der Waals surface area contributed by atoms with E-state index in [9.17, 15) is 19.8 Å². The van der Waals surface area contributed by atoms with Gasteiger partial charge in [0.2, 0.25) is 5.78 Å². The number of halogens is 1. The van der Waals surface area contributed by atoms with Gasteiger partial charge in [0.1, 0.15) is 11.5 Å². The van der Waals surface area contributed by atoms with E-state index in [0.717, 1.165) is 25.9 Å². The smallest absolute Gasteiger partial charge is 0.214 e. The van der Waals surface area contributed by atoms with Gasteiger partial charge in [-0.1, -0.05) is 24.3 Å². The van der Waals surface area contributed by atoms with Crippen LogP contribution in [0.3, 0.4) is 0 Å². The standard InChI is InChI=1S/C22H21N3O4.ClH/c26-19-13-5-1-2-6-14(13)20(27)17-16(19)21(28)15-11(9-25-18(15)22(17)29)8-24-12-4-3-7-23-10-12;/h1-2,5-6,9,12,23-27H,3-4,7-8,10H2;1H. The van der Waals surface area contributed by atoms with Gasteiger partial charge in [0.25, 0.3) is 0 Å². The zero-order valence-corrected chi connectivity index (χ0v) is 16.9. The highest BCUT2D eigenvalue weighted by Crippen LogP contribution is 2.44. The highest BCUT2D eigenvalue weighted by molar-refractivity contribution is 6.32. The van der Waals surface area contributed by atoms with Gasteiger partial charge in [0.05, 0.1) is 22.4 Å². The number of phenolic OH excluding ortho intramolecular Hbond substituents is 2. The Morgan fingerprint density at radius 1 is 1.00 bits per heavy atom. The van der Waals surface area contributed by atoms with Crippen LogP contribution >= 0.6 is 12.4 Å². The SMILES string of the molecule is Cl.O=C1c2[nH]cc(CNC3CCCNC3)c2C(=O)c2c1c(O)c1ccccc1c2O. The maximum atomic E-state index is 13.3. The molecule has 1 aliphatic carbocycles. The molecule has 2 heterocycles. The third kappa shape index (κ3) is 2.98. The van der Waals surface area contributed by atoms with Crippen LogP contribution in [0.25, 0.3) is 10.8 Å². The summed E-state index contributed by atoms with van der Waals surface area (Å²) in [5.74, 6) is -1.49. The number of aromatic amines is 1. The van der Waals surface area contributed by atoms with E-state index >= 15 is 0 Å². The number of fused-ring (bicyclic) bond motifs is 3. The summed E-state index contributed by atoms with van der Waals surface area (Å²) in [6.45, 7) is 2.31. The van der Waals surface area contributed by atoms with E-state index in [4.69, 9.17) is 0 Å². The van der Waals surface area contributed by atoms with Crippen molar-refractivity contribution < 1.29 is 19.8 Å². The summed E-state index contributed by atoms with van der Waals surface area (Å²) in [5.41, 5.74) is 0.840. The summed E-state index contributed by atoms with van der Waals surface area (Å²) < 4.78 is 0. The molecule has 2 aliphatic rings. The minimum Gasteiger partial charge on any atom is -0.506 e. The van der Waals surface area contributed by atoms with Crippen molar-refractivity contribution in [1.82, 2.24) is 15.6 Å². The van der Waals surface area contributed by atoms with Crippen LogP contribution in [-0.2, 0) is 6.54 Å². The number of piperidine rings is 1. The molecule has 1 atom stereocenters. The number of rotatable bonds is 3. The Hall–Kier alpha value is -2.87. The van der Waals surface area contributed by atoms with E-state index in [-0.39, 0.29) is 46.3 Å². The first-order valence-corrected chi connectivity index (χ1v) is 9.78. The largest absolute Gasteiger partial charge is 0.506 e. The molecule has 1 aromatic heterocycles. The molecule has 1 saturated heterocycles. The summed E-state index contributed by atoms with van der Waals surface area (Å²) in [6.07, 6.45) is 3.80. The van der Waals surface area contributed by atoms with Crippen molar-refractivity contribution in [2.24, 2.45) is 0 Å². The predicted octanol–water partition coefficient (Wildman–Crippen LogP) is 2.62. The Morgan fingerprint density at radius 3 is 2.30 bits per heavy atom. The van der Waals surface area contributed by atoms with Crippen LogP contribution in [0.4, 0.5) is 0 Å². The van der Waals surface area contributed by atoms with E-state index in [2.05, 4.69) is 15.6 Å². The third-order valence-electron chi connectivity index (χ3n) is 5.91. The van der Waals surface area contributed by atoms with E-state index in [1.54, 1.807) is 30.5 Å². The van der Waals surface area contributed by atoms with Gasteiger partial charge in [-0.3, -0.25) is 9.59 Å². The van der Waals surface area contributed by atoms with Crippen LogP contribution in [0.1, 0.15) is 50.4 Å². The van der Waals surface area contributed by atoms with Crippen molar-refractivity contribution in [3.63, 3.8) is 0 Å². The number of hydrogen-bond donors (Lipinski definition) is 5. The minimum atomic E-state index is -0.487. The lowest BCUT2D eigenvalue weighted by atomic mass is 9.83. The fourth-order valence-electron chi connectivity index (χ4n) is 4.42. The van der Waals surface area contributed by atoms with Gasteiger partial charge in [0, 0.05) is 36.1 Å². The molecule has 0 bridgehead atoms. The van der Waals surface area contributed by atoms with Gasteiger partial charge in [-0.2, -0.15) is 0 Å². The number of aromatic nitrogens is 1.